The Morgan fingerprint density at radius 3 is 2.88 bits per heavy atom. The second kappa shape index (κ2) is 8.86. The number of nitrogens with zero attached hydrogens (tertiary/aromatic N) is 1. The minimum atomic E-state index is -0.431. The first-order valence-electron chi connectivity index (χ1n) is 8.82. The molecular formula is C19H28ClFN2O2. The van der Waals surface area contributed by atoms with Gasteiger partial charge >= 0.3 is 0 Å². The molecule has 1 heterocycles. The molecule has 0 saturated carbocycles. The molecule has 0 bridgehead atoms. The quantitative estimate of drug-likeness (QED) is 0.826. The monoisotopic (exact) mass is 370 g/mol. The standard InChI is InChI=1S/C19H28ClFN2O2/c1-19(2,3)8-10-23-9-4-5-15(12-23)22-18(24)13-25-17-7-6-14(21)11-16(17)20/h6-7,11,15H,4-5,8-10,12-13H2,1-3H3,(H,22,24)/t15-/m1/s1. The summed E-state index contributed by atoms with van der Waals surface area (Å²) in [4.78, 5) is 14.5. The van der Waals surface area contributed by atoms with Crippen LogP contribution in [0.25, 0.3) is 0 Å². The number of likely N-dealkylation sites (tertiary alicyclic amines) is 1. The first kappa shape index (κ1) is 20.0. The van der Waals surface area contributed by atoms with E-state index < -0.39 is 5.82 Å². The third-order valence-corrected chi connectivity index (χ3v) is 4.60. The highest BCUT2D eigenvalue weighted by Crippen LogP contribution is 2.24. The van der Waals surface area contributed by atoms with Crippen LogP contribution >= 0.6 is 11.6 Å². The Bertz CT molecular complexity index is 589. The van der Waals surface area contributed by atoms with Gasteiger partial charge in [0.2, 0.25) is 0 Å². The maximum Gasteiger partial charge on any atom is 0.258 e. The normalized spacial score (nSPS) is 18.8. The summed E-state index contributed by atoms with van der Waals surface area (Å²) >= 11 is 5.89. The lowest BCUT2D eigenvalue weighted by molar-refractivity contribution is -0.124. The van der Waals surface area contributed by atoms with Gasteiger partial charge in [0.1, 0.15) is 11.6 Å². The molecule has 2 rings (SSSR count). The Morgan fingerprint density at radius 1 is 1.44 bits per heavy atom. The van der Waals surface area contributed by atoms with Gasteiger partial charge in [-0.1, -0.05) is 32.4 Å². The molecular weight excluding hydrogens is 343 g/mol. The Morgan fingerprint density at radius 2 is 2.20 bits per heavy atom. The van der Waals surface area contributed by atoms with Crippen LogP contribution in [0.3, 0.4) is 0 Å². The van der Waals surface area contributed by atoms with Crippen LogP contribution in [-0.2, 0) is 4.79 Å². The second-order valence-electron chi connectivity index (χ2n) is 7.88. The molecule has 1 aromatic rings. The largest absolute Gasteiger partial charge is 0.482 e. The van der Waals surface area contributed by atoms with Crippen molar-refractivity contribution in [3.8, 4) is 5.75 Å². The number of carbonyl (C=O) groups is 1. The fourth-order valence-corrected chi connectivity index (χ4v) is 3.10. The first-order valence-corrected chi connectivity index (χ1v) is 9.20. The molecule has 1 aromatic carbocycles. The van der Waals surface area contributed by atoms with Crippen molar-refractivity contribution < 1.29 is 13.9 Å². The maximum atomic E-state index is 13.0. The van der Waals surface area contributed by atoms with E-state index in [9.17, 15) is 9.18 Å². The SMILES string of the molecule is CC(C)(C)CCN1CCC[C@@H](NC(=O)COc2ccc(F)cc2Cl)C1. The number of halogens is 2. The summed E-state index contributed by atoms with van der Waals surface area (Å²) < 4.78 is 18.4. The molecule has 4 nitrogen and oxygen atoms in total. The van der Waals surface area contributed by atoms with Gasteiger partial charge in [0.25, 0.3) is 5.91 Å². The highest BCUT2D eigenvalue weighted by molar-refractivity contribution is 6.32. The van der Waals surface area contributed by atoms with Crippen molar-refractivity contribution in [2.75, 3.05) is 26.2 Å². The molecule has 0 aliphatic carbocycles. The molecule has 140 valence electrons. The van der Waals surface area contributed by atoms with Crippen molar-refractivity contribution in [1.82, 2.24) is 10.2 Å². The van der Waals surface area contributed by atoms with E-state index >= 15 is 0 Å². The van der Waals surface area contributed by atoms with Gasteiger partial charge in [0, 0.05) is 12.6 Å². The van der Waals surface area contributed by atoms with Crippen molar-refractivity contribution in [2.24, 2.45) is 5.41 Å². The van der Waals surface area contributed by atoms with Crippen LogP contribution in [0.15, 0.2) is 18.2 Å². The lowest BCUT2D eigenvalue weighted by Gasteiger charge is -2.34. The zero-order valence-electron chi connectivity index (χ0n) is 15.3. The molecule has 1 N–H and O–H groups in total. The van der Waals surface area contributed by atoms with E-state index in [1.54, 1.807) is 0 Å². The summed E-state index contributed by atoms with van der Waals surface area (Å²) in [6, 6.07) is 4.00. The van der Waals surface area contributed by atoms with Crippen LogP contribution in [0.1, 0.15) is 40.0 Å². The molecule has 1 aliphatic heterocycles. The zero-order chi connectivity index (χ0) is 18.4. The summed E-state index contributed by atoms with van der Waals surface area (Å²) in [5.74, 6) is -0.295. The maximum absolute atomic E-state index is 13.0. The van der Waals surface area contributed by atoms with Gasteiger partial charge in [-0.25, -0.2) is 4.39 Å². The van der Waals surface area contributed by atoms with Crippen LogP contribution in [0.5, 0.6) is 5.75 Å². The summed E-state index contributed by atoms with van der Waals surface area (Å²) in [5.41, 5.74) is 0.318. The van der Waals surface area contributed by atoms with Gasteiger partial charge in [-0.15, -0.1) is 0 Å². The van der Waals surface area contributed by atoms with Crippen molar-refractivity contribution in [2.45, 2.75) is 46.1 Å². The van der Waals surface area contributed by atoms with Crippen LogP contribution in [0, 0.1) is 11.2 Å². The van der Waals surface area contributed by atoms with Crippen molar-refractivity contribution in [1.29, 1.82) is 0 Å². The topological polar surface area (TPSA) is 41.6 Å². The molecule has 0 spiro atoms. The first-order chi connectivity index (χ1) is 11.7. The van der Waals surface area contributed by atoms with E-state index in [2.05, 4.69) is 31.0 Å². The predicted octanol–water partition coefficient (Wildman–Crippen LogP) is 3.87. The Labute approximate surface area is 154 Å². The lowest BCUT2D eigenvalue weighted by Crippen LogP contribution is -2.49. The van der Waals surface area contributed by atoms with Crippen LogP contribution in [-0.4, -0.2) is 43.1 Å². The third-order valence-electron chi connectivity index (χ3n) is 4.30. The molecule has 1 fully saturated rings. The van der Waals surface area contributed by atoms with E-state index in [-0.39, 0.29) is 23.6 Å². The van der Waals surface area contributed by atoms with Gasteiger partial charge < -0.3 is 15.0 Å². The van der Waals surface area contributed by atoms with Gasteiger partial charge in [0.05, 0.1) is 5.02 Å². The molecule has 0 unspecified atom stereocenters. The zero-order valence-corrected chi connectivity index (χ0v) is 16.0. The smallest absolute Gasteiger partial charge is 0.258 e. The number of amides is 1. The van der Waals surface area contributed by atoms with Crippen LogP contribution < -0.4 is 10.1 Å². The van der Waals surface area contributed by atoms with Crippen LogP contribution in [0.4, 0.5) is 4.39 Å². The molecule has 1 amide bonds. The number of piperidine rings is 1. The molecule has 6 heteroatoms. The number of nitrogens with one attached hydrogen (secondary N) is 1. The summed E-state index contributed by atoms with van der Waals surface area (Å²) in [7, 11) is 0. The van der Waals surface area contributed by atoms with Gasteiger partial charge in [-0.3, -0.25) is 4.79 Å². The number of ether oxygens (including phenoxy) is 1. The highest BCUT2D eigenvalue weighted by atomic mass is 35.5. The third kappa shape index (κ3) is 7.20. The van der Waals surface area contributed by atoms with Crippen molar-refractivity contribution in [3.05, 3.63) is 29.0 Å². The summed E-state index contributed by atoms with van der Waals surface area (Å²) in [6.45, 7) is 9.63. The van der Waals surface area contributed by atoms with Crippen molar-refractivity contribution >= 4 is 17.5 Å². The van der Waals surface area contributed by atoms with Gasteiger partial charge in [-0.2, -0.15) is 0 Å². The fraction of sp³-hybridized carbons (Fsp3) is 0.632. The Kier molecular flexibility index (Phi) is 7.08. The average Bonchev–Trinajstić information content (AvgIpc) is 2.52. The summed E-state index contributed by atoms with van der Waals surface area (Å²) in [5, 5.41) is 3.19. The van der Waals surface area contributed by atoms with E-state index in [1.807, 2.05) is 0 Å². The van der Waals surface area contributed by atoms with E-state index in [0.717, 1.165) is 38.9 Å². The predicted molar refractivity (Wildman–Crippen MR) is 98.6 cm³/mol. The molecule has 1 saturated heterocycles. The molecule has 1 atom stereocenters. The number of carbonyl (C=O) groups excluding carboxylic acids is 1. The number of rotatable bonds is 6. The molecule has 0 aromatic heterocycles. The van der Waals surface area contributed by atoms with Crippen LogP contribution in [0.2, 0.25) is 5.02 Å². The van der Waals surface area contributed by atoms with E-state index in [0.29, 0.717) is 11.2 Å². The Hall–Kier alpha value is -1.33. The lowest BCUT2D eigenvalue weighted by atomic mass is 9.91. The summed E-state index contributed by atoms with van der Waals surface area (Å²) in [6.07, 6.45) is 3.20. The number of hydrogen-bond donors (Lipinski definition) is 1. The molecule has 25 heavy (non-hydrogen) atoms. The molecule has 0 radical (unpaired) electrons. The number of hydrogen-bond acceptors (Lipinski definition) is 3. The average molecular weight is 371 g/mol. The van der Waals surface area contributed by atoms with E-state index in [4.69, 9.17) is 16.3 Å². The van der Waals surface area contributed by atoms with Crippen molar-refractivity contribution in [3.63, 3.8) is 0 Å². The van der Waals surface area contributed by atoms with Gasteiger partial charge in [0.15, 0.2) is 6.61 Å². The highest BCUT2D eigenvalue weighted by Gasteiger charge is 2.22. The Balaban J connectivity index is 1.76. The minimum absolute atomic E-state index is 0.121. The van der Waals surface area contributed by atoms with E-state index in [1.165, 1.54) is 18.2 Å². The minimum Gasteiger partial charge on any atom is -0.482 e. The van der Waals surface area contributed by atoms with Gasteiger partial charge in [-0.05, 0) is 56.0 Å². The molecule has 1 aliphatic rings. The second-order valence-corrected chi connectivity index (χ2v) is 8.29. The fourth-order valence-electron chi connectivity index (χ4n) is 2.87. The number of benzene rings is 1.